The highest BCUT2D eigenvalue weighted by molar-refractivity contribution is 5.48. The van der Waals surface area contributed by atoms with Gasteiger partial charge >= 0.3 is 0 Å². The maximum Gasteiger partial charge on any atom is 0.124 e. The van der Waals surface area contributed by atoms with Crippen LogP contribution >= 0.6 is 0 Å². The highest BCUT2D eigenvalue weighted by Gasteiger charge is 2.25. The first-order chi connectivity index (χ1) is 10.2. The fraction of sp³-hybridized carbons (Fsp3) is 0.588. The van der Waals surface area contributed by atoms with Crippen molar-refractivity contribution in [1.29, 1.82) is 5.26 Å². The summed E-state index contributed by atoms with van der Waals surface area (Å²) in [6.07, 6.45) is 0.199. The number of nitriles is 1. The van der Waals surface area contributed by atoms with Crippen molar-refractivity contribution in [2.45, 2.75) is 32.9 Å². The molecule has 2 rings (SSSR count). The summed E-state index contributed by atoms with van der Waals surface area (Å²) in [4.78, 5) is 4.52. The van der Waals surface area contributed by atoms with Gasteiger partial charge in [0.1, 0.15) is 6.04 Å². The van der Waals surface area contributed by atoms with Crippen molar-refractivity contribution in [2.75, 3.05) is 37.7 Å². The zero-order valence-corrected chi connectivity index (χ0v) is 13.2. The van der Waals surface area contributed by atoms with Gasteiger partial charge in [-0.3, -0.25) is 4.90 Å². The molecule has 4 nitrogen and oxygen atoms in total. The molecular weight excluding hydrogens is 262 g/mol. The minimum absolute atomic E-state index is 0.179. The van der Waals surface area contributed by atoms with E-state index in [9.17, 15) is 5.26 Å². The van der Waals surface area contributed by atoms with E-state index in [0.29, 0.717) is 6.61 Å². The SMILES string of the molecule is CCN(CC)c1ccc([C@@H](C#N)N2CCO[C@@H](C)C2)cc1. The van der Waals surface area contributed by atoms with Gasteiger partial charge in [0, 0.05) is 31.9 Å². The van der Waals surface area contributed by atoms with Gasteiger partial charge in [0.15, 0.2) is 0 Å². The second kappa shape index (κ2) is 7.44. The predicted octanol–water partition coefficient (Wildman–Crippen LogP) is 2.82. The summed E-state index contributed by atoms with van der Waals surface area (Å²) >= 11 is 0. The number of morpholine rings is 1. The van der Waals surface area contributed by atoms with Crippen LogP contribution in [0, 0.1) is 11.3 Å². The number of rotatable bonds is 5. The molecule has 1 aromatic carbocycles. The van der Waals surface area contributed by atoms with Crippen molar-refractivity contribution < 1.29 is 4.74 Å². The molecule has 0 unspecified atom stereocenters. The number of anilines is 1. The van der Waals surface area contributed by atoms with E-state index in [4.69, 9.17) is 4.74 Å². The molecule has 0 aliphatic carbocycles. The number of ether oxygens (including phenoxy) is 1. The molecule has 0 amide bonds. The molecule has 0 aromatic heterocycles. The van der Waals surface area contributed by atoms with Crippen LogP contribution in [0.25, 0.3) is 0 Å². The van der Waals surface area contributed by atoms with Crippen LogP contribution < -0.4 is 4.90 Å². The summed E-state index contributed by atoms with van der Waals surface area (Å²) in [6.45, 7) is 10.7. The van der Waals surface area contributed by atoms with Crippen molar-refractivity contribution in [3.05, 3.63) is 29.8 Å². The molecule has 2 atom stereocenters. The van der Waals surface area contributed by atoms with Crippen LogP contribution in [-0.2, 0) is 4.74 Å². The number of nitrogens with zero attached hydrogens (tertiary/aromatic N) is 3. The van der Waals surface area contributed by atoms with Crippen LogP contribution in [0.1, 0.15) is 32.4 Å². The van der Waals surface area contributed by atoms with E-state index in [1.165, 1.54) is 5.69 Å². The van der Waals surface area contributed by atoms with Gasteiger partial charge in [-0.15, -0.1) is 0 Å². The van der Waals surface area contributed by atoms with Gasteiger partial charge in [-0.2, -0.15) is 5.26 Å². The fourth-order valence-electron chi connectivity index (χ4n) is 2.90. The van der Waals surface area contributed by atoms with Crippen LogP contribution in [-0.4, -0.2) is 43.8 Å². The van der Waals surface area contributed by atoms with Crippen molar-refractivity contribution in [3.8, 4) is 6.07 Å². The van der Waals surface area contributed by atoms with Gasteiger partial charge in [-0.25, -0.2) is 0 Å². The third-order valence-electron chi connectivity index (χ3n) is 4.10. The average molecular weight is 287 g/mol. The molecule has 0 bridgehead atoms. The van der Waals surface area contributed by atoms with E-state index < -0.39 is 0 Å². The fourth-order valence-corrected chi connectivity index (χ4v) is 2.90. The molecule has 1 aromatic rings. The molecule has 0 saturated carbocycles. The second-order valence-electron chi connectivity index (χ2n) is 5.47. The summed E-state index contributed by atoms with van der Waals surface area (Å²) in [5.74, 6) is 0. The molecule has 0 spiro atoms. The summed E-state index contributed by atoms with van der Waals surface area (Å²) in [6, 6.07) is 10.7. The average Bonchev–Trinajstić information content (AvgIpc) is 2.51. The van der Waals surface area contributed by atoms with Gasteiger partial charge in [0.25, 0.3) is 0 Å². The summed E-state index contributed by atoms with van der Waals surface area (Å²) in [5, 5.41) is 9.55. The Labute approximate surface area is 127 Å². The van der Waals surface area contributed by atoms with E-state index in [1.54, 1.807) is 0 Å². The van der Waals surface area contributed by atoms with Crippen molar-refractivity contribution >= 4 is 5.69 Å². The topological polar surface area (TPSA) is 39.5 Å². The van der Waals surface area contributed by atoms with Gasteiger partial charge in [0.2, 0.25) is 0 Å². The quantitative estimate of drug-likeness (QED) is 0.835. The first kappa shape index (κ1) is 15.8. The maximum atomic E-state index is 9.55. The Morgan fingerprint density at radius 2 is 2.00 bits per heavy atom. The van der Waals surface area contributed by atoms with Crippen LogP contribution in [0.2, 0.25) is 0 Å². The molecule has 4 heteroatoms. The second-order valence-corrected chi connectivity index (χ2v) is 5.47. The van der Waals surface area contributed by atoms with E-state index in [1.807, 2.05) is 0 Å². The third-order valence-corrected chi connectivity index (χ3v) is 4.10. The van der Waals surface area contributed by atoms with Gasteiger partial charge in [-0.1, -0.05) is 12.1 Å². The van der Waals surface area contributed by atoms with Crippen molar-refractivity contribution in [3.63, 3.8) is 0 Å². The largest absolute Gasteiger partial charge is 0.376 e. The Morgan fingerprint density at radius 3 is 2.52 bits per heavy atom. The molecule has 1 fully saturated rings. The molecule has 0 radical (unpaired) electrons. The van der Waals surface area contributed by atoms with Crippen LogP contribution in [0.15, 0.2) is 24.3 Å². The highest BCUT2D eigenvalue weighted by atomic mass is 16.5. The Hall–Kier alpha value is -1.57. The first-order valence-corrected chi connectivity index (χ1v) is 7.79. The van der Waals surface area contributed by atoms with E-state index >= 15 is 0 Å². The van der Waals surface area contributed by atoms with Crippen LogP contribution in [0.4, 0.5) is 5.69 Å². The number of benzene rings is 1. The van der Waals surface area contributed by atoms with E-state index in [0.717, 1.165) is 31.7 Å². The monoisotopic (exact) mass is 287 g/mol. The summed E-state index contributed by atoms with van der Waals surface area (Å²) < 4.78 is 5.56. The lowest BCUT2D eigenvalue weighted by molar-refractivity contribution is -0.0269. The first-order valence-electron chi connectivity index (χ1n) is 7.79. The third kappa shape index (κ3) is 3.75. The normalized spacial score (nSPS) is 20.8. The van der Waals surface area contributed by atoms with E-state index in [-0.39, 0.29) is 12.1 Å². The number of hydrogen-bond donors (Lipinski definition) is 0. The molecule has 0 N–H and O–H groups in total. The minimum Gasteiger partial charge on any atom is -0.376 e. The van der Waals surface area contributed by atoms with Crippen molar-refractivity contribution in [1.82, 2.24) is 4.90 Å². The van der Waals surface area contributed by atoms with E-state index in [2.05, 4.69) is 60.9 Å². The molecule has 21 heavy (non-hydrogen) atoms. The molecule has 1 aliphatic heterocycles. The Bertz CT molecular complexity index is 476. The zero-order valence-electron chi connectivity index (χ0n) is 13.2. The summed E-state index contributed by atoms with van der Waals surface area (Å²) in [7, 11) is 0. The predicted molar refractivity (Wildman–Crippen MR) is 85.3 cm³/mol. The molecular formula is C17H25N3O. The van der Waals surface area contributed by atoms with Gasteiger partial charge in [0.05, 0.1) is 18.8 Å². The molecule has 114 valence electrons. The van der Waals surface area contributed by atoms with Crippen molar-refractivity contribution in [2.24, 2.45) is 0 Å². The Kier molecular flexibility index (Phi) is 5.60. The van der Waals surface area contributed by atoms with Gasteiger partial charge in [-0.05, 0) is 38.5 Å². The summed E-state index contributed by atoms with van der Waals surface area (Å²) in [5.41, 5.74) is 2.29. The standard InChI is InChI=1S/C17H25N3O/c1-4-19(5-2)16-8-6-15(7-9-16)17(12-18)20-10-11-21-14(3)13-20/h6-9,14,17H,4-5,10-11,13H2,1-3H3/t14-,17+/m0/s1. The molecule has 1 saturated heterocycles. The molecule has 1 aliphatic rings. The lowest BCUT2D eigenvalue weighted by Gasteiger charge is -2.34. The lowest BCUT2D eigenvalue weighted by Crippen LogP contribution is -2.42. The lowest BCUT2D eigenvalue weighted by atomic mass is 10.0. The molecule has 1 heterocycles. The van der Waals surface area contributed by atoms with Crippen LogP contribution in [0.3, 0.4) is 0 Å². The Balaban J connectivity index is 2.13. The highest BCUT2D eigenvalue weighted by Crippen LogP contribution is 2.25. The number of hydrogen-bond acceptors (Lipinski definition) is 4. The Morgan fingerprint density at radius 1 is 1.33 bits per heavy atom. The van der Waals surface area contributed by atoms with Crippen LogP contribution in [0.5, 0.6) is 0 Å². The zero-order chi connectivity index (χ0) is 15.2. The van der Waals surface area contributed by atoms with Gasteiger partial charge < -0.3 is 9.64 Å². The smallest absolute Gasteiger partial charge is 0.124 e. The minimum atomic E-state index is -0.179. The maximum absolute atomic E-state index is 9.55.